The number of fused-ring (bicyclic) bond motifs is 3. The zero-order chi connectivity index (χ0) is 10.1. The predicted molar refractivity (Wildman–Crippen MR) is 63.1 cm³/mol. The summed E-state index contributed by atoms with van der Waals surface area (Å²) in [6.07, 6.45) is 6.80. The number of hydrogen-bond acceptors (Lipinski definition) is 1. The van der Waals surface area contributed by atoms with Crippen LogP contribution in [0.2, 0.25) is 0 Å². The van der Waals surface area contributed by atoms with Gasteiger partial charge in [0.25, 0.3) is 0 Å². The molecule has 0 aromatic heterocycles. The molecule has 0 saturated heterocycles. The molecule has 1 N–H and O–H groups in total. The van der Waals surface area contributed by atoms with Crippen molar-refractivity contribution in [2.24, 2.45) is 0 Å². The average molecular weight is 201 g/mol. The average Bonchev–Trinajstić information content (AvgIpc) is 2.48. The van der Waals surface area contributed by atoms with Gasteiger partial charge in [0.15, 0.2) is 0 Å². The Morgan fingerprint density at radius 3 is 2.93 bits per heavy atom. The van der Waals surface area contributed by atoms with Crippen molar-refractivity contribution in [3.05, 3.63) is 35.4 Å². The first-order valence-corrected chi connectivity index (χ1v) is 6.26. The van der Waals surface area contributed by atoms with Crippen LogP contribution < -0.4 is 5.32 Å². The fourth-order valence-corrected chi connectivity index (χ4v) is 3.26. The van der Waals surface area contributed by atoms with Crippen LogP contribution in [0.15, 0.2) is 24.3 Å². The third-order valence-corrected chi connectivity index (χ3v) is 4.02. The van der Waals surface area contributed by atoms with Crippen molar-refractivity contribution in [3.8, 4) is 0 Å². The van der Waals surface area contributed by atoms with Crippen molar-refractivity contribution in [3.63, 3.8) is 0 Å². The van der Waals surface area contributed by atoms with Gasteiger partial charge in [-0.25, -0.2) is 0 Å². The normalized spacial score (nSPS) is 30.1. The topological polar surface area (TPSA) is 12.0 Å². The molecule has 1 nitrogen and oxygen atoms in total. The molecule has 15 heavy (non-hydrogen) atoms. The summed E-state index contributed by atoms with van der Waals surface area (Å²) in [5, 5.41) is 3.73. The highest BCUT2D eigenvalue weighted by molar-refractivity contribution is 5.33. The molecule has 1 aliphatic carbocycles. The molecule has 80 valence electrons. The lowest BCUT2D eigenvalue weighted by molar-refractivity contribution is 0.337. The Hall–Kier alpha value is -0.820. The fraction of sp³-hybridized carbons (Fsp3) is 0.571. The third-order valence-electron chi connectivity index (χ3n) is 4.02. The molecule has 0 radical (unpaired) electrons. The van der Waals surface area contributed by atoms with Gasteiger partial charge in [0.1, 0.15) is 0 Å². The SMILES string of the molecule is c1ccc2c(c1)CCNC1CCCCC21. The second-order valence-corrected chi connectivity index (χ2v) is 4.90. The summed E-state index contributed by atoms with van der Waals surface area (Å²) in [6.45, 7) is 1.16. The lowest BCUT2D eigenvalue weighted by Gasteiger charge is -2.31. The Labute approximate surface area is 91.9 Å². The van der Waals surface area contributed by atoms with Crippen LogP contribution in [-0.4, -0.2) is 12.6 Å². The van der Waals surface area contributed by atoms with E-state index < -0.39 is 0 Å². The first kappa shape index (κ1) is 9.41. The molecule has 1 heteroatoms. The highest BCUT2D eigenvalue weighted by atomic mass is 14.9. The van der Waals surface area contributed by atoms with Crippen LogP contribution in [0.1, 0.15) is 42.7 Å². The number of nitrogens with one attached hydrogen (secondary N) is 1. The number of rotatable bonds is 0. The minimum atomic E-state index is 0.752. The van der Waals surface area contributed by atoms with Gasteiger partial charge in [-0.15, -0.1) is 0 Å². The van der Waals surface area contributed by atoms with Gasteiger partial charge in [-0.3, -0.25) is 0 Å². The fourth-order valence-electron chi connectivity index (χ4n) is 3.26. The van der Waals surface area contributed by atoms with E-state index in [1.165, 1.54) is 32.1 Å². The summed E-state index contributed by atoms with van der Waals surface area (Å²) in [7, 11) is 0. The van der Waals surface area contributed by atoms with Crippen LogP contribution >= 0.6 is 0 Å². The van der Waals surface area contributed by atoms with Crippen molar-refractivity contribution in [2.45, 2.75) is 44.1 Å². The van der Waals surface area contributed by atoms with Crippen molar-refractivity contribution < 1.29 is 0 Å². The Bertz CT molecular complexity index is 345. The summed E-state index contributed by atoms with van der Waals surface area (Å²) in [5.74, 6) is 0.789. The van der Waals surface area contributed by atoms with E-state index in [1.54, 1.807) is 11.1 Å². The Kier molecular flexibility index (Phi) is 2.49. The van der Waals surface area contributed by atoms with Crippen LogP contribution in [0.4, 0.5) is 0 Å². The lowest BCUT2D eigenvalue weighted by atomic mass is 9.79. The van der Waals surface area contributed by atoms with E-state index >= 15 is 0 Å². The van der Waals surface area contributed by atoms with E-state index in [-0.39, 0.29) is 0 Å². The molecule has 2 unspecified atom stereocenters. The minimum Gasteiger partial charge on any atom is -0.313 e. The summed E-state index contributed by atoms with van der Waals surface area (Å²) in [6, 6.07) is 9.80. The smallest absolute Gasteiger partial charge is 0.0136 e. The summed E-state index contributed by atoms with van der Waals surface area (Å²) in [4.78, 5) is 0. The Morgan fingerprint density at radius 2 is 1.93 bits per heavy atom. The molecule has 1 saturated carbocycles. The molecule has 1 aliphatic heterocycles. The van der Waals surface area contributed by atoms with Gasteiger partial charge in [0.05, 0.1) is 0 Å². The number of benzene rings is 1. The third kappa shape index (κ3) is 1.69. The van der Waals surface area contributed by atoms with Gasteiger partial charge < -0.3 is 5.32 Å². The molecule has 0 bridgehead atoms. The van der Waals surface area contributed by atoms with Crippen molar-refractivity contribution in [1.29, 1.82) is 0 Å². The highest BCUT2D eigenvalue weighted by Gasteiger charge is 2.29. The second-order valence-electron chi connectivity index (χ2n) is 4.90. The second kappa shape index (κ2) is 3.97. The lowest BCUT2D eigenvalue weighted by Crippen LogP contribution is -2.36. The molecular formula is C14H19N. The molecule has 0 spiro atoms. The maximum atomic E-state index is 3.73. The highest BCUT2D eigenvalue weighted by Crippen LogP contribution is 2.36. The van der Waals surface area contributed by atoms with E-state index in [9.17, 15) is 0 Å². The van der Waals surface area contributed by atoms with Gasteiger partial charge in [-0.1, -0.05) is 37.1 Å². The largest absolute Gasteiger partial charge is 0.313 e. The summed E-state index contributed by atoms with van der Waals surface area (Å²) < 4.78 is 0. The maximum Gasteiger partial charge on any atom is 0.0136 e. The van der Waals surface area contributed by atoms with Crippen LogP contribution in [-0.2, 0) is 6.42 Å². The zero-order valence-electron chi connectivity index (χ0n) is 9.21. The van der Waals surface area contributed by atoms with Crippen LogP contribution in [0, 0.1) is 0 Å². The van der Waals surface area contributed by atoms with E-state index in [0.717, 1.165) is 18.5 Å². The van der Waals surface area contributed by atoms with Crippen molar-refractivity contribution in [1.82, 2.24) is 5.32 Å². The van der Waals surface area contributed by atoms with Gasteiger partial charge in [-0.2, -0.15) is 0 Å². The van der Waals surface area contributed by atoms with E-state index in [2.05, 4.69) is 29.6 Å². The van der Waals surface area contributed by atoms with Gasteiger partial charge in [-0.05, 0) is 42.9 Å². The van der Waals surface area contributed by atoms with Crippen molar-refractivity contribution >= 4 is 0 Å². The molecule has 1 heterocycles. The van der Waals surface area contributed by atoms with Crippen LogP contribution in [0.3, 0.4) is 0 Å². The molecule has 1 fully saturated rings. The molecular weight excluding hydrogens is 182 g/mol. The minimum absolute atomic E-state index is 0.752. The number of hydrogen-bond donors (Lipinski definition) is 1. The molecule has 2 atom stereocenters. The molecule has 1 aromatic rings. The Morgan fingerprint density at radius 1 is 1.07 bits per heavy atom. The van der Waals surface area contributed by atoms with Gasteiger partial charge in [0.2, 0.25) is 0 Å². The molecule has 3 rings (SSSR count). The van der Waals surface area contributed by atoms with Gasteiger partial charge in [0, 0.05) is 6.04 Å². The van der Waals surface area contributed by atoms with Crippen LogP contribution in [0.5, 0.6) is 0 Å². The summed E-state index contributed by atoms with van der Waals surface area (Å²) in [5.41, 5.74) is 3.21. The van der Waals surface area contributed by atoms with E-state index in [4.69, 9.17) is 0 Å². The first-order chi connectivity index (χ1) is 7.45. The standard InChI is InChI=1S/C14H19N/c1-2-6-12-11(5-1)9-10-15-14-8-4-3-7-13(12)14/h1-2,5-6,13-15H,3-4,7-10H2. The quantitative estimate of drug-likeness (QED) is 0.680. The van der Waals surface area contributed by atoms with Crippen molar-refractivity contribution in [2.75, 3.05) is 6.54 Å². The van der Waals surface area contributed by atoms with Gasteiger partial charge >= 0.3 is 0 Å². The molecule has 1 aromatic carbocycles. The monoisotopic (exact) mass is 201 g/mol. The molecule has 0 amide bonds. The zero-order valence-corrected chi connectivity index (χ0v) is 9.21. The maximum absolute atomic E-state index is 3.73. The Balaban J connectivity index is 1.99. The van der Waals surface area contributed by atoms with Crippen LogP contribution in [0.25, 0.3) is 0 Å². The summed E-state index contributed by atoms with van der Waals surface area (Å²) >= 11 is 0. The predicted octanol–water partition coefficient (Wildman–Crippen LogP) is 2.86. The van der Waals surface area contributed by atoms with E-state index in [0.29, 0.717) is 0 Å². The first-order valence-electron chi connectivity index (χ1n) is 6.26. The molecule has 2 aliphatic rings. The van der Waals surface area contributed by atoms with E-state index in [1.807, 2.05) is 0 Å².